The van der Waals surface area contributed by atoms with E-state index in [1.807, 2.05) is 6.92 Å². The van der Waals surface area contributed by atoms with Crippen LogP contribution in [0, 0.1) is 24.1 Å². The lowest BCUT2D eigenvalue weighted by molar-refractivity contribution is -0.164. The van der Waals surface area contributed by atoms with Crippen LogP contribution in [-0.2, 0) is 16.0 Å². The van der Waals surface area contributed by atoms with Crippen LogP contribution in [0.25, 0.3) is 0 Å². The van der Waals surface area contributed by atoms with Gasteiger partial charge >= 0.3 is 0 Å². The molecule has 3 N–H and O–H groups in total. The van der Waals surface area contributed by atoms with Gasteiger partial charge in [-0.1, -0.05) is 0 Å². The number of Topliss-reactive ketones (excluding diaryl/α,β-unsaturated/α-hetero) is 1. The number of carbonyl (C=O) groups excluding carboxylic acids is 4. The summed E-state index contributed by atoms with van der Waals surface area (Å²) < 4.78 is 42.6. The molecule has 9 nitrogen and oxygen atoms in total. The average molecular weight is 515 g/mol. The molecular weight excluding hydrogens is 491 g/mol. The van der Waals surface area contributed by atoms with Gasteiger partial charge in [-0.15, -0.1) is 0 Å². The van der Waals surface area contributed by atoms with Crippen LogP contribution in [0.3, 0.4) is 0 Å². The number of amides is 3. The molecule has 2 aromatic rings. The van der Waals surface area contributed by atoms with Gasteiger partial charge in [0.1, 0.15) is 23.1 Å². The van der Waals surface area contributed by atoms with Gasteiger partial charge in [0.15, 0.2) is 0 Å². The molecule has 12 heteroatoms. The highest BCUT2D eigenvalue weighted by molar-refractivity contribution is 6.44. The minimum Gasteiger partial charge on any atom is -0.357 e. The summed E-state index contributed by atoms with van der Waals surface area (Å²) in [6.07, 6.45) is -0.893. The molecule has 1 fully saturated rings. The van der Waals surface area contributed by atoms with Crippen LogP contribution in [0.4, 0.5) is 18.9 Å². The third-order valence-corrected chi connectivity index (χ3v) is 6.92. The van der Waals surface area contributed by atoms with Gasteiger partial charge in [0.05, 0.1) is 11.1 Å². The third kappa shape index (κ3) is 4.34. The van der Waals surface area contributed by atoms with E-state index in [9.17, 15) is 32.3 Å². The Morgan fingerprint density at radius 2 is 1.86 bits per heavy atom. The second-order valence-electron chi connectivity index (χ2n) is 9.47. The van der Waals surface area contributed by atoms with Crippen LogP contribution >= 0.6 is 0 Å². The predicted octanol–water partition coefficient (Wildman–Crippen LogP) is 2.78. The van der Waals surface area contributed by atoms with E-state index in [-0.39, 0.29) is 34.1 Å². The van der Waals surface area contributed by atoms with Crippen molar-refractivity contribution >= 4 is 29.2 Å². The van der Waals surface area contributed by atoms with Crippen LogP contribution in [0.2, 0.25) is 0 Å². The molecule has 1 atom stereocenters. The smallest absolute Gasteiger partial charge is 0.293 e. The molecule has 3 amide bonds. The molecule has 2 aliphatic rings. The first-order chi connectivity index (χ1) is 17.3. The zero-order valence-corrected chi connectivity index (χ0v) is 20.3. The quantitative estimate of drug-likeness (QED) is 0.402. The number of rotatable bonds is 6. The SMILES string of the molecule is CNC(=O)C1(NC(=O)C(=O)c2c(C)c(C(=O)Nc3ccc(F)c(C#N)c3)n3c2CCC3C)CC(F)(F)C1. The summed E-state index contributed by atoms with van der Waals surface area (Å²) in [5.41, 5.74) is -1.28. The molecule has 1 aliphatic heterocycles. The van der Waals surface area contributed by atoms with Gasteiger partial charge in [-0.2, -0.15) is 5.26 Å². The number of aromatic nitrogens is 1. The fourth-order valence-electron chi connectivity index (χ4n) is 5.20. The Labute approximate surface area is 210 Å². The number of hydrogen-bond donors (Lipinski definition) is 3. The number of hydrogen-bond acceptors (Lipinski definition) is 5. The van der Waals surface area contributed by atoms with Crippen molar-refractivity contribution in [3.63, 3.8) is 0 Å². The van der Waals surface area contributed by atoms with Crippen molar-refractivity contribution in [2.75, 3.05) is 12.4 Å². The summed E-state index contributed by atoms with van der Waals surface area (Å²) in [6, 6.07) is 5.00. The maximum atomic E-state index is 13.7. The first-order valence-corrected chi connectivity index (χ1v) is 11.6. The van der Waals surface area contributed by atoms with Crippen molar-refractivity contribution in [1.29, 1.82) is 5.26 Å². The standard InChI is InChI=1S/C25H24F3N5O4/c1-12-4-7-17-18(20(34)22(36)32-24(23(37)30-3)10-25(27,28)11-24)13(2)19(33(12)17)21(35)31-15-5-6-16(26)14(8-15)9-29/h5-6,8,12H,4,7,10-11H2,1-3H3,(H,30,37)(H,31,35)(H,32,36). The van der Waals surface area contributed by atoms with E-state index in [1.165, 1.54) is 26.1 Å². The lowest BCUT2D eigenvalue weighted by atomic mass is 9.72. The lowest BCUT2D eigenvalue weighted by Gasteiger charge is -2.45. The maximum Gasteiger partial charge on any atom is 0.293 e. The van der Waals surface area contributed by atoms with E-state index in [2.05, 4.69) is 16.0 Å². The molecule has 0 spiro atoms. The zero-order valence-electron chi connectivity index (χ0n) is 20.3. The summed E-state index contributed by atoms with van der Waals surface area (Å²) in [4.78, 5) is 51.7. The summed E-state index contributed by atoms with van der Waals surface area (Å²) in [6.45, 7) is 3.33. The number of alkyl halides is 2. The number of carbonyl (C=O) groups is 4. The van der Waals surface area contributed by atoms with Crippen LogP contribution in [-0.4, -0.2) is 46.6 Å². The van der Waals surface area contributed by atoms with Gasteiger partial charge in [-0.25, -0.2) is 13.2 Å². The predicted molar refractivity (Wildman–Crippen MR) is 125 cm³/mol. The molecule has 0 bridgehead atoms. The third-order valence-electron chi connectivity index (χ3n) is 6.92. The van der Waals surface area contributed by atoms with E-state index < -0.39 is 53.6 Å². The fourth-order valence-corrected chi connectivity index (χ4v) is 5.20. The van der Waals surface area contributed by atoms with Gasteiger partial charge in [0, 0.05) is 37.3 Å². The number of benzene rings is 1. The number of anilines is 1. The lowest BCUT2D eigenvalue weighted by Crippen LogP contribution is -2.69. The van der Waals surface area contributed by atoms with Crippen LogP contribution in [0.5, 0.6) is 0 Å². The Morgan fingerprint density at radius 3 is 2.46 bits per heavy atom. The largest absolute Gasteiger partial charge is 0.357 e. The number of fused-ring (bicyclic) bond motifs is 1. The van der Waals surface area contributed by atoms with Gasteiger partial charge in [0.25, 0.3) is 23.5 Å². The molecular formula is C25H24F3N5O4. The van der Waals surface area contributed by atoms with Crippen molar-refractivity contribution in [2.24, 2.45) is 0 Å². The van der Waals surface area contributed by atoms with Gasteiger partial charge in [0.2, 0.25) is 5.91 Å². The van der Waals surface area contributed by atoms with Crippen molar-refractivity contribution in [2.45, 2.75) is 57.0 Å². The molecule has 1 aliphatic carbocycles. The van der Waals surface area contributed by atoms with Crippen molar-refractivity contribution in [3.05, 3.63) is 52.1 Å². The molecule has 1 aromatic carbocycles. The highest BCUT2D eigenvalue weighted by Crippen LogP contribution is 2.46. The Kier molecular flexibility index (Phi) is 6.35. The number of halogens is 3. The van der Waals surface area contributed by atoms with E-state index in [1.54, 1.807) is 10.6 Å². The summed E-state index contributed by atoms with van der Waals surface area (Å²) >= 11 is 0. The number of likely N-dealkylation sites (N-methyl/N-ethyl adjacent to an activating group) is 1. The first kappa shape index (κ1) is 25.9. The number of ketones is 1. The minimum absolute atomic E-state index is 0.0260. The van der Waals surface area contributed by atoms with Gasteiger partial charge < -0.3 is 20.5 Å². The molecule has 0 saturated heterocycles. The second kappa shape index (κ2) is 9.06. The van der Waals surface area contributed by atoms with Gasteiger partial charge in [-0.3, -0.25) is 19.2 Å². The molecule has 1 saturated carbocycles. The highest BCUT2D eigenvalue weighted by Gasteiger charge is 2.62. The number of nitrogens with one attached hydrogen (secondary N) is 3. The Balaban J connectivity index is 1.66. The van der Waals surface area contributed by atoms with E-state index in [0.29, 0.717) is 18.5 Å². The molecule has 1 aromatic heterocycles. The monoisotopic (exact) mass is 515 g/mol. The first-order valence-electron chi connectivity index (χ1n) is 11.6. The zero-order chi connectivity index (χ0) is 27.3. The van der Waals surface area contributed by atoms with E-state index >= 15 is 0 Å². The topological polar surface area (TPSA) is 133 Å². The van der Waals surface area contributed by atoms with Crippen molar-refractivity contribution < 1.29 is 32.3 Å². The number of nitriles is 1. The molecule has 1 unspecified atom stereocenters. The Morgan fingerprint density at radius 1 is 1.19 bits per heavy atom. The summed E-state index contributed by atoms with van der Waals surface area (Å²) in [5, 5.41) is 16.1. The van der Waals surface area contributed by atoms with Crippen LogP contribution in [0.15, 0.2) is 18.2 Å². The average Bonchev–Trinajstić information content (AvgIpc) is 3.33. The van der Waals surface area contributed by atoms with Crippen molar-refractivity contribution in [1.82, 2.24) is 15.2 Å². The second-order valence-corrected chi connectivity index (χ2v) is 9.47. The molecule has 4 rings (SSSR count). The van der Waals surface area contributed by atoms with E-state index in [0.717, 1.165) is 6.07 Å². The van der Waals surface area contributed by atoms with Crippen LogP contribution < -0.4 is 16.0 Å². The molecule has 0 radical (unpaired) electrons. The van der Waals surface area contributed by atoms with E-state index in [4.69, 9.17) is 5.26 Å². The molecule has 2 heterocycles. The summed E-state index contributed by atoms with van der Waals surface area (Å²) in [7, 11) is 1.24. The highest BCUT2D eigenvalue weighted by atomic mass is 19.3. The fraction of sp³-hybridized carbons (Fsp3) is 0.400. The minimum atomic E-state index is -3.15. The van der Waals surface area contributed by atoms with Crippen molar-refractivity contribution in [3.8, 4) is 6.07 Å². The Hall–Kier alpha value is -4.14. The maximum absolute atomic E-state index is 13.7. The number of nitrogens with zero attached hydrogens (tertiary/aromatic N) is 2. The Bertz CT molecular complexity index is 1380. The van der Waals surface area contributed by atoms with Crippen LogP contribution in [0.1, 0.15) is 69.9 Å². The molecule has 194 valence electrons. The normalized spacial score (nSPS) is 18.7. The molecule has 37 heavy (non-hydrogen) atoms. The van der Waals surface area contributed by atoms with Gasteiger partial charge in [-0.05, 0) is 50.5 Å². The summed E-state index contributed by atoms with van der Waals surface area (Å²) in [5.74, 6) is -7.62.